The van der Waals surface area contributed by atoms with E-state index in [-0.39, 0.29) is 0 Å². The van der Waals surface area contributed by atoms with Gasteiger partial charge in [-0.05, 0) is 44.1 Å². The summed E-state index contributed by atoms with van der Waals surface area (Å²) in [7, 11) is 0. The average Bonchev–Trinajstić information content (AvgIpc) is 2.84. The summed E-state index contributed by atoms with van der Waals surface area (Å²) in [6.45, 7) is 3.65. The van der Waals surface area contributed by atoms with E-state index in [0.717, 1.165) is 17.9 Å². The van der Waals surface area contributed by atoms with Crippen LogP contribution in [0, 0.1) is 11.8 Å². The third kappa shape index (κ3) is 2.48. The van der Waals surface area contributed by atoms with Gasteiger partial charge in [0, 0.05) is 6.04 Å². The lowest BCUT2D eigenvalue weighted by atomic mass is 9.91. The molecule has 2 fully saturated rings. The van der Waals surface area contributed by atoms with Crippen molar-refractivity contribution in [2.45, 2.75) is 51.5 Å². The normalized spacial score (nSPS) is 36.8. The van der Waals surface area contributed by atoms with Crippen LogP contribution in [0.3, 0.4) is 0 Å². The first kappa shape index (κ1) is 8.55. The fourth-order valence-corrected chi connectivity index (χ4v) is 2.28. The molecule has 2 atom stereocenters. The minimum absolute atomic E-state index is 0.856. The van der Waals surface area contributed by atoms with Crippen LogP contribution < -0.4 is 5.32 Å². The van der Waals surface area contributed by atoms with Crippen LogP contribution in [0.2, 0.25) is 0 Å². The SMILES string of the molecule is CC1CCNC(CCC2CC2)C1. The molecule has 2 rings (SSSR count). The molecule has 1 heteroatoms. The topological polar surface area (TPSA) is 12.0 Å². The zero-order chi connectivity index (χ0) is 8.39. The van der Waals surface area contributed by atoms with Crippen LogP contribution in [0.25, 0.3) is 0 Å². The number of hydrogen-bond acceptors (Lipinski definition) is 1. The van der Waals surface area contributed by atoms with Crippen molar-refractivity contribution in [3.05, 3.63) is 0 Å². The van der Waals surface area contributed by atoms with E-state index in [9.17, 15) is 0 Å². The first-order valence-corrected chi connectivity index (χ1v) is 5.58. The van der Waals surface area contributed by atoms with Gasteiger partial charge in [0.25, 0.3) is 0 Å². The van der Waals surface area contributed by atoms with Gasteiger partial charge in [-0.1, -0.05) is 19.8 Å². The molecular formula is C11H21N. The van der Waals surface area contributed by atoms with Gasteiger partial charge in [-0.15, -0.1) is 0 Å². The summed E-state index contributed by atoms with van der Waals surface area (Å²) in [4.78, 5) is 0. The summed E-state index contributed by atoms with van der Waals surface area (Å²) >= 11 is 0. The van der Waals surface area contributed by atoms with Gasteiger partial charge in [-0.25, -0.2) is 0 Å². The van der Waals surface area contributed by atoms with Crippen LogP contribution >= 0.6 is 0 Å². The summed E-state index contributed by atoms with van der Waals surface area (Å²) in [5.41, 5.74) is 0. The van der Waals surface area contributed by atoms with E-state index in [2.05, 4.69) is 12.2 Å². The van der Waals surface area contributed by atoms with Crippen molar-refractivity contribution >= 4 is 0 Å². The van der Waals surface area contributed by atoms with E-state index in [1.54, 1.807) is 0 Å². The Morgan fingerprint density at radius 3 is 2.67 bits per heavy atom. The molecule has 1 aliphatic heterocycles. The summed E-state index contributed by atoms with van der Waals surface area (Å²) in [5.74, 6) is 2.08. The van der Waals surface area contributed by atoms with Gasteiger partial charge < -0.3 is 5.32 Å². The second-order valence-corrected chi connectivity index (χ2v) is 4.80. The molecule has 0 amide bonds. The smallest absolute Gasteiger partial charge is 0.00697 e. The fraction of sp³-hybridized carbons (Fsp3) is 1.00. The highest BCUT2D eigenvalue weighted by Crippen LogP contribution is 2.34. The molecule has 1 nitrogen and oxygen atoms in total. The summed E-state index contributed by atoms with van der Waals surface area (Å²) in [5, 5.41) is 3.63. The Hall–Kier alpha value is -0.0400. The third-order valence-electron chi connectivity index (χ3n) is 3.38. The Morgan fingerprint density at radius 1 is 1.17 bits per heavy atom. The standard InChI is InChI=1S/C11H21N/c1-9-6-7-12-11(8-9)5-4-10-2-3-10/h9-12H,2-8H2,1H3. The van der Waals surface area contributed by atoms with Gasteiger partial charge >= 0.3 is 0 Å². The quantitative estimate of drug-likeness (QED) is 0.681. The molecule has 1 saturated heterocycles. The number of nitrogens with one attached hydrogen (secondary N) is 1. The maximum Gasteiger partial charge on any atom is 0.00697 e. The second kappa shape index (κ2) is 3.78. The van der Waals surface area contributed by atoms with E-state index < -0.39 is 0 Å². The molecule has 0 spiro atoms. The van der Waals surface area contributed by atoms with Gasteiger partial charge in [0.2, 0.25) is 0 Å². The lowest BCUT2D eigenvalue weighted by molar-refractivity contribution is 0.301. The molecule has 2 unspecified atom stereocenters. The van der Waals surface area contributed by atoms with Crippen molar-refractivity contribution in [1.82, 2.24) is 5.32 Å². The zero-order valence-corrected chi connectivity index (χ0v) is 8.18. The predicted molar refractivity (Wildman–Crippen MR) is 52.1 cm³/mol. The van der Waals surface area contributed by atoms with Crippen molar-refractivity contribution in [1.29, 1.82) is 0 Å². The average molecular weight is 167 g/mol. The van der Waals surface area contributed by atoms with Gasteiger partial charge in [-0.3, -0.25) is 0 Å². The minimum Gasteiger partial charge on any atom is -0.314 e. The van der Waals surface area contributed by atoms with E-state index >= 15 is 0 Å². The van der Waals surface area contributed by atoms with E-state index in [1.807, 2.05) is 0 Å². The number of piperidine rings is 1. The largest absolute Gasteiger partial charge is 0.314 e. The van der Waals surface area contributed by atoms with Gasteiger partial charge in [0.05, 0.1) is 0 Å². The lowest BCUT2D eigenvalue weighted by Gasteiger charge is -2.28. The van der Waals surface area contributed by atoms with Crippen molar-refractivity contribution in [3.8, 4) is 0 Å². The first-order chi connectivity index (χ1) is 5.84. The summed E-state index contributed by atoms with van der Waals surface area (Å²) in [6, 6.07) is 0.856. The molecule has 0 radical (unpaired) electrons. The van der Waals surface area contributed by atoms with E-state index in [4.69, 9.17) is 0 Å². The minimum atomic E-state index is 0.856. The maximum atomic E-state index is 3.63. The van der Waals surface area contributed by atoms with Crippen LogP contribution in [0.15, 0.2) is 0 Å². The molecule has 1 N–H and O–H groups in total. The maximum absolute atomic E-state index is 3.63. The van der Waals surface area contributed by atoms with Crippen molar-refractivity contribution in [2.24, 2.45) is 11.8 Å². The van der Waals surface area contributed by atoms with Crippen molar-refractivity contribution in [2.75, 3.05) is 6.54 Å². The lowest BCUT2D eigenvalue weighted by Crippen LogP contribution is -2.37. The molecule has 1 saturated carbocycles. The highest BCUT2D eigenvalue weighted by molar-refractivity contribution is 4.80. The molecular weight excluding hydrogens is 146 g/mol. The molecule has 0 aromatic heterocycles. The molecule has 0 aromatic carbocycles. The molecule has 1 heterocycles. The third-order valence-corrected chi connectivity index (χ3v) is 3.38. The van der Waals surface area contributed by atoms with Crippen LogP contribution in [-0.4, -0.2) is 12.6 Å². The second-order valence-electron chi connectivity index (χ2n) is 4.80. The highest BCUT2D eigenvalue weighted by Gasteiger charge is 2.24. The zero-order valence-electron chi connectivity index (χ0n) is 8.18. The van der Waals surface area contributed by atoms with E-state index in [0.29, 0.717) is 0 Å². The molecule has 0 aromatic rings. The van der Waals surface area contributed by atoms with Gasteiger partial charge in [0.15, 0.2) is 0 Å². The molecule has 12 heavy (non-hydrogen) atoms. The van der Waals surface area contributed by atoms with Crippen LogP contribution in [0.1, 0.15) is 45.4 Å². The summed E-state index contributed by atoms with van der Waals surface area (Å²) < 4.78 is 0. The Labute approximate surface area is 75.9 Å². The van der Waals surface area contributed by atoms with Crippen molar-refractivity contribution < 1.29 is 0 Å². The van der Waals surface area contributed by atoms with E-state index in [1.165, 1.54) is 45.1 Å². The fourth-order valence-electron chi connectivity index (χ4n) is 2.28. The Kier molecular flexibility index (Phi) is 2.69. The van der Waals surface area contributed by atoms with Crippen LogP contribution in [-0.2, 0) is 0 Å². The first-order valence-electron chi connectivity index (χ1n) is 5.58. The van der Waals surface area contributed by atoms with Gasteiger partial charge in [-0.2, -0.15) is 0 Å². The number of rotatable bonds is 3. The molecule has 2 aliphatic rings. The molecule has 1 aliphatic carbocycles. The number of hydrogen-bond donors (Lipinski definition) is 1. The van der Waals surface area contributed by atoms with Crippen LogP contribution in [0.5, 0.6) is 0 Å². The Bertz CT molecular complexity index is 140. The van der Waals surface area contributed by atoms with Crippen molar-refractivity contribution in [3.63, 3.8) is 0 Å². The molecule has 70 valence electrons. The monoisotopic (exact) mass is 167 g/mol. The highest BCUT2D eigenvalue weighted by atomic mass is 14.9. The molecule has 0 bridgehead atoms. The Balaban J connectivity index is 1.64. The Morgan fingerprint density at radius 2 is 2.00 bits per heavy atom. The van der Waals surface area contributed by atoms with Crippen LogP contribution in [0.4, 0.5) is 0 Å². The summed E-state index contributed by atoms with van der Waals surface area (Å²) in [6.07, 6.45) is 8.77. The predicted octanol–water partition coefficient (Wildman–Crippen LogP) is 2.56. The van der Waals surface area contributed by atoms with Gasteiger partial charge in [0.1, 0.15) is 0 Å².